The van der Waals surface area contributed by atoms with Crippen LogP contribution < -0.4 is 16.2 Å². The maximum Gasteiger partial charge on any atom is 0.274 e. The molecule has 3 aromatic rings. The molecule has 0 spiro atoms. The van der Waals surface area contributed by atoms with E-state index >= 15 is 0 Å². The smallest absolute Gasteiger partial charge is 0.274 e. The van der Waals surface area contributed by atoms with Crippen molar-refractivity contribution in [2.75, 3.05) is 5.32 Å². The van der Waals surface area contributed by atoms with Gasteiger partial charge in [-0.2, -0.15) is 5.10 Å². The van der Waals surface area contributed by atoms with Gasteiger partial charge in [0.2, 0.25) is 0 Å². The van der Waals surface area contributed by atoms with Crippen LogP contribution in [-0.2, 0) is 6.42 Å². The van der Waals surface area contributed by atoms with E-state index < -0.39 is 5.91 Å². The van der Waals surface area contributed by atoms with E-state index in [2.05, 4.69) is 42.2 Å². The van der Waals surface area contributed by atoms with Gasteiger partial charge in [-0.05, 0) is 72.4 Å². The molecule has 0 atom stereocenters. The van der Waals surface area contributed by atoms with Gasteiger partial charge < -0.3 is 5.32 Å². The Morgan fingerprint density at radius 3 is 2.62 bits per heavy atom. The lowest BCUT2D eigenvalue weighted by molar-refractivity contribution is 0.0928. The maximum absolute atomic E-state index is 13.3. The van der Waals surface area contributed by atoms with Crippen LogP contribution in [0.4, 0.5) is 5.69 Å². The van der Waals surface area contributed by atoms with Gasteiger partial charge in [0.25, 0.3) is 11.8 Å². The molecule has 0 radical (unpaired) electrons. The zero-order chi connectivity index (χ0) is 23.4. The Bertz CT molecular complexity index is 1160. The van der Waals surface area contributed by atoms with E-state index in [0.717, 1.165) is 17.5 Å². The third-order valence-corrected chi connectivity index (χ3v) is 5.30. The molecule has 0 saturated carbocycles. The maximum atomic E-state index is 13.3. The van der Waals surface area contributed by atoms with Crippen molar-refractivity contribution < 1.29 is 9.59 Å². The molecule has 0 aliphatic rings. The van der Waals surface area contributed by atoms with Crippen LogP contribution in [0.25, 0.3) is 5.82 Å². The quantitative estimate of drug-likeness (QED) is 0.400. The van der Waals surface area contributed by atoms with Gasteiger partial charge in [0.1, 0.15) is 10.3 Å². The fourth-order valence-corrected chi connectivity index (χ4v) is 3.65. The molecule has 32 heavy (non-hydrogen) atoms. The lowest BCUT2D eigenvalue weighted by Gasteiger charge is -2.17. The standard InChI is InChI=1S/C22H24BrClN6O2/c1-5-14-9-13(4)19(15(10-14)21(31)28-27-12(2)3)26-22(32)17-11-18(23)29-30(17)20-16(24)7-6-8-25-20/h6-12,27H,5H2,1-4H3,(H,26,32)(H,28,31). The average molecular weight is 520 g/mol. The van der Waals surface area contributed by atoms with Crippen LogP contribution in [0.2, 0.25) is 5.02 Å². The molecule has 0 bridgehead atoms. The molecule has 168 valence electrons. The highest BCUT2D eigenvalue weighted by Crippen LogP contribution is 2.26. The van der Waals surface area contributed by atoms with Gasteiger partial charge >= 0.3 is 0 Å². The summed E-state index contributed by atoms with van der Waals surface area (Å²) in [6.45, 7) is 7.69. The third-order valence-electron chi connectivity index (χ3n) is 4.61. The van der Waals surface area contributed by atoms with E-state index in [1.165, 1.54) is 4.68 Å². The second-order valence-corrected chi connectivity index (χ2v) is 8.69. The molecule has 0 unspecified atom stereocenters. The lowest BCUT2D eigenvalue weighted by atomic mass is 10.0. The zero-order valence-electron chi connectivity index (χ0n) is 18.2. The van der Waals surface area contributed by atoms with Crippen molar-refractivity contribution in [1.82, 2.24) is 25.6 Å². The minimum absolute atomic E-state index is 0.0577. The third kappa shape index (κ3) is 5.35. The predicted molar refractivity (Wildman–Crippen MR) is 128 cm³/mol. The van der Waals surface area contributed by atoms with Crippen molar-refractivity contribution in [3.05, 3.63) is 68.5 Å². The molecule has 2 heterocycles. The molecule has 8 nitrogen and oxygen atoms in total. The topological polar surface area (TPSA) is 101 Å². The molecule has 0 aliphatic carbocycles. The van der Waals surface area contributed by atoms with Gasteiger partial charge in [-0.1, -0.05) is 24.6 Å². The largest absolute Gasteiger partial charge is 0.320 e. The molecule has 2 aromatic heterocycles. The monoisotopic (exact) mass is 518 g/mol. The Morgan fingerprint density at radius 2 is 1.97 bits per heavy atom. The van der Waals surface area contributed by atoms with Gasteiger partial charge in [-0.15, -0.1) is 0 Å². The fraction of sp³-hybridized carbons (Fsp3) is 0.273. The van der Waals surface area contributed by atoms with E-state index in [1.807, 2.05) is 33.8 Å². The number of anilines is 1. The first-order valence-electron chi connectivity index (χ1n) is 10.1. The van der Waals surface area contributed by atoms with Crippen LogP contribution >= 0.6 is 27.5 Å². The highest BCUT2D eigenvalue weighted by atomic mass is 79.9. The average Bonchev–Trinajstić information content (AvgIpc) is 3.14. The summed E-state index contributed by atoms with van der Waals surface area (Å²) in [7, 11) is 0. The fourth-order valence-electron chi connectivity index (χ4n) is 3.07. The van der Waals surface area contributed by atoms with E-state index in [0.29, 0.717) is 26.7 Å². The number of hydrazine groups is 1. The Balaban J connectivity index is 2.00. The van der Waals surface area contributed by atoms with Crippen LogP contribution in [-0.4, -0.2) is 32.6 Å². The van der Waals surface area contributed by atoms with Crippen molar-refractivity contribution in [1.29, 1.82) is 0 Å². The number of carbonyl (C=O) groups is 2. The number of hydrogen-bond acceptors (Lipinski definition) is 5. The van der Waals surface area contributed by atoms with Crippen LogP contribution in [0.3, 0.4) is 0 Å². The molecule has 3 rings (SSSR count). The summed E-state index contributed by atoms with van der Waals surface area (Å²) in [6, 6.07) is 8.71. The summed E-state index contributed by atoms with van der Waals surface area (Å²) in [6.07, 6.45) is 2.32. The lowest BCUT2D eigenvalue weighted by Crippen LogP contribution is -2.42. The van der Waals surface area contributed by atoms with Crippen molar-refractivity contribution in [2.45, 2.75) is 40.2 Å². The zero-order valence-corrected chi connectivity index (χ0v) is 20.5. The SMILES string of the molecule is CCc1cc(C)c(NC(=O)c2cc(Br)nn2-c2ncccc2Cl)c(C(=O)NNC(C)C)c1. The summed E-state index contributed by atoms with van der Waals surface area (Å²) >= 11 is 9.57. The molecular weight excluding hydrogens is 496 g/mol. The van der Waals surface area contributed by atoms with Crippen LogP contribution in [0.1, 0.15) is 52.7 Å². The van der Waals surface area contributed by atoms with E-state index in [9.17, 15) is 9.59 Å². The van der Waals surface area contributed by atoms with Gasteiger partial charge in [0.15, 0.2) is 5.82 Å². The molecule has 0 fully saturated rings. The van der Waals surface area contributed by atoms with Crippen molar-refractivity contribution in [3.63, 3.8) is 0 Å². The molecule has 1 aromatic carbocycles. The van der Waals surface area contributed by atoms with Crippen LogP contribution in [0.5, 0.6) is 0 Å². The number of hydrogen-bond donors (Lipinski definition) is 3. The van der Waals surface area contributed by atoms with Gasteiger partial charge in [0.05, 0.1) is 16.3 Å². The van der Waals surface area contributed by atoms with Gasteiger partial charge in [0, 0.05) is 18.3 Å². The first-order valence-corrected chi connectivity index (χ1v) is 11.3. The van der Waals surface area contributed by atoms with Gasteiger partial charge in [-0.3, -0.25) is 15.0 Å². The summed E-state index contributed by atoms with van der Waals surface area (Å²) in [5.74, 6) is -0.472. The molecule has 10 heteroatoms. The number of halogens is 2. The van der Waals surface area contributed by atoms with Crippen LogP contribution in [0.15, 0.2) is 41.1 Å². The van der Waals surface area contributed by atoms with Gasteiger partial charge in [-0.25, -0.2) is 15.1 Å². The number of carbonyl (C=O) groups excluding carboxylic acids is 2. The Morgan fingerprint density at radius 1 is 1.22 bits per heavy atom. The van der Waals surface area contributed by atoms with E-state index in [4.69, 9.17) is 11.6 Å². The van der Waals surface area contributed by atoms with Crippen molar-refractivity contribution >= 4 is 45.0 Å². The predicted octanol–water partition coefficient (Wildman–Crippen LogP) is 4.45. The summed E-state index contributed by atoms with van der Waals surface area (Å²) in [5, 5.41) is 7.52. The number of pyridine rings is 1. The molecule has 2 amide bonds. The highest BCUT2D eigenvalue weighted by molar-refractivity contribution is 9.10. The minimum Gasteiger partial charge on any atom is -0.320 e. The number of aromatic nitrogens is 3. The molecule has 3 N–H and O–H groups in total. The number of benzene rings is 1. The second kappa shape index (κ2) is 10.2. The van der Waals surface area contributed by atoms with Crippen molar-refractivity contribution in [2.24, 2.45) is 0 Å². The second-order valence-electron chi connectivity index (χ2n) is 7.47. The van der Waals surface area contributed by atoms with Crippen molar-refractivity contribution in [3.8, 4) is 5.82 Å². The summed E-state index contributed by atoms with van der Waals surface area (Å²) in [5.41, 5.74) is 8.34. The highest BCUT2D eigenvalue weighted by Gasteiger charge is 2.22. The number of nitrogens with one attached hydrogen (secondary N) is 3. The summed E-state index contributed by atoms with van der Waals surface area (Å²) in [4.78, 5) is 30.4. The van der Waals surface area contributed by atoms with Crippen LogP contribution in [0, 0.1) is 6.92 Å². The Kier molecular flexibility index (Phi) is 7.65. The first-order chi connectivity index (χ1) is 15.2. The number of aryl methyl sites for hydroxylation is 2. The Labute approximate surface area is 199 Å². The minimum atomic E-state index is -0.455. The number of rotatable bonds is 7. The van der Waals surface area contributed by atoms with E-state index in [1.54, 1.807) is 30.5 Å². The number of amides is 2. The number of nitrogens with zero attached hydrogens (tertiary/aromatic N) is 3. The Hall–Kier alpha value is -2.75. The molecular formula is C22H24BrClN6O2. The molecule has 0 aliphatic heterocycles. The van der Waals surface area contributed by atoms with E-state index in [-0.39, 0.29) is 17.6 Å². The summed E-state index contributed by atoms with van der Waals surface area (Å²) < 4.78 is 1.80. The normalized spacial score (nSPS) is 11.0. The first kappa shape index (κ1) is 23.9. The molecule has 0 saturated heterocycles.